The minimum atomic E-state index is -1.59. The number of aliphatic carboxylic acids is 1. The number of hydrogen-bond acceptors (Lipinski definition) is 7. The number of hydrogen-bond donors (Lipinski definition) is 7. The summed E-state index contributed by atoms with van der Waals surface area (Å²) in [4.78, 5) is 24.4. The number of halogens is 1. The zero-order valence-electron chi connectivity index (χ0n) is 21.7. The van der Waals surface area contributed by atoms with Gasteiger partial charge >= 0.3 is 5.97 Å². The number of nitrogen functional groups attached to an aromatic ring is 1. The highest BCUT2D eigenvalue weighted by Gasteiger charge is 2.18. The van der Waals surface area contributed by atoms with Crippen molar-refractivity contribution in [2.24, 2.45) is 5.73 Å². The van der Waals surface area contributed by atoms with Crippen LogP contribution in [0.15, 0.2) is 54.6 Å². The van der Waals surface area contributed by atoms with Gasteiger partial charge in [0, 0.05) is 40.1 Å². The second-order valence-electron chi connectivity index (χ2n) is 8.14. The largest absolute Gasteiger partial charge is 0.490 e. The first kappa shape index (κ1) is 30.2. The van der Waals surface area contributed by atoms with Crippen LogP contribution in [-0.4, -0.2) is 47.3 Å². The third-order valence-electron chi connectivity index (χ3n) is 5.32. The number of amidine groups is 1. The van der Waals surface area contributed by atoms with Gasteiger partial charge in [0.2, 0.25) is 0 Å². The van der Waals surface area contributed by atoms with Gasteiger partial charge in [0.1, 0.15) is 5.84 Å². The average Bonchev–Trinajstić information content (AvgIpc) is 2.92. The molecule has 0 aromatic heterocycles. The van der Waals surface area contributed by atoms with E-state index in [2.05, 4.69) is 20.1 Å². The van der Waals surface area contributed by atoms with Crippen LogP contribution >= 0.6 is 11.6 Å². The molecule has 1 amide bonds. The molecule has 212 valence electrons. The zero-order chi connectivity index (χ0) is 29.2. The number of carbonyl (C=O) groups excluding carboxylic acids is 1. The monoisotopic (exact) mass is 588 g/mol. The Morgan fingerprint density at radius 1 is 1.07 bits per heavy atom. The Hall–Kier alpha value is -4.33. The van der Waals surface area contributed by atoms with Crippen LogP contribution in [0, 0.1) is 5.41 Å². The Kier molecular flexibility index (Phi) is 10.7. The van der Waals surface area contributed by atoms with E-state index in [1.807, 2.05) is 0 Å². The average molecular weight is 589 g/mol. The van der Waals surface area contributed by atoms with E-state index >= 15 is 0 Å². The number of anilines is 3. The third-order valence-corrected chi connectivity index (χ3v) is 6.34. The maximum absolute atomic E-state index is 13.2. The molecule has 0 aliphatic rings. The zero-order valence-corrected chi connectivity index (χ0v) is 23.2. The van der Waals surface area contributed by atoms with Gasteiger partial charge in [-0.15, -0.1) is 0 Å². The summed E-state index contributed by atoms with van der Waals surface area (Å²) in [7, 11) is 1.52. The highest BCUT2D eigenvalue weighted by molar-refractivity contribution is 7.84. The van der Waals surface area contributed by atoms with Gasteiger partial charge in [-0.25, -0.2) is 13.7 Å². The number of carboxylic acids is 1. The van der Waals surface area contributed by atoms with Crippen LogP contribution in [0.3, 0.4) is 0 Å². The lowest BCUT2D eigenvalue weighted by Gasteiger charge is -2.19. The lowest BCUT2D eigenvalue weighted by atomic mass is 10.1. The molecule has 0 aliphatic carbocycles. The first-order valence-electron chi connectivity index (χ1n) is 11.9. The predicted octanol–water partition coefficient (Wildman–Crippen LogP) is 3.56. The highest BCUT2D eigenvalue weighted by Crippen LogP contribution is 2.36. The smallest absolute Gasteiger partial charge is 0.341 e. The van der Waals surface area contributed by atoms with E-state index in [1.54, 1.807) is 55.5 Å². The number of rotatable bonds is 14. The van der Waals surface area contributed by atoms with Crippen molar-refractivity contribution in [3.8, 4) is 11.5 Å². The molecule has 0 spiro atoms. The molecule has 3 rings (SSSR count). The van der Waals surface area contributed by atoms with Crippen LogP contribution in [0.2, 0.25) is 5.02 Å². The fraction of sp³-hybridized carbons (Fsp3) is 0.192. The van der Waals surface area contributed by atoms with Gasteiger partial charge in [-0.3, -0.25) is 14.9 Å². The van der Waals surface area contributed by atoms with Gasteiger partial charge in [-0.05, 0) is 62.5 Å². The van der Waals surface area contributed by atoms with E-state index in [4.69, 9.17) is 32.2 Å². The summed E-state index contributed by atoms with van der Waals surface area (Å²) in [5.41, 5.74) is 8.08. The molecule has 1 atom stereocenters. The van der Waals surface area contributed by atoms with Crippen LogP contribution in [0.1, 0.15) is 28.4 Å². The van der Waals surface area contributed by atoms with Crippen molar-refractivity contribution in [1.82, 2.24) is 4.72 Å². The Morgan fingerprint density at radius 3 is 2.42 bits per heavy atom. The molecule has 0 bridgehead atoms. The first-order chi connectivity index (χ1) is 19.1. The van der Waals surface area contributed by atoms with E-state index in [0.29, 0.717) is 33.2 Å². The molecule has 1 unspecified atom stereocenters. The van der Waals surface area contributed by atoms with Crippen LogP contribution in [0.4, 0.5) is 17.1 Å². The van der Waals surface area contributed by atoms with Crippen molar-refractivity contribution >= 4 is 57.5 Å². The molecule has 0 saturated carbocycles. The fourth-order valence-corrected chi connectivity index (χ4v) is 4.16. The molecule has 3 aromatic rings. The summed E-state index contributed by atoms with van der Waals surface area (Å²) in [6, 6.07) is 14.4. The summed E-state index contributed by atoms with van der Waals surface area (Å²) in [6.45, 7) is 1.49. The van der Waals surface area contributed by atoms with Gasteiger partial charge in [0.15, 0.2) is 29.3 Å². The second-order valence-corrected chi connectivity index (χ2v) is 9.73. The number of ether oxygens (including phenoxy) is 2. The molecule has 3 aromatic carbocycles. The number of nitrogens with one attached hydrogen (secondary N) is 5. The lowest BCUT2D eigenvalue weighted by Crippen LogP contribution is -2.19. The number of amides is 1. The van der Waals surface area contributed by atoms with Crippen LogP contribution < -0.4 is 35.3 Å². The number of benzene rings is 3. The van der Waals surface area contributed by atoms with E-state index in [9.17, 15) is 18.9 Å². The maximum Gasteiger partial charge on any atom is 0.341 e. The number of carbonyl (C=O) groups is 2. The van der Waals surface area contributed by atoms with E-state index in [0.717, 1.165) is 0 Å². The van der Waals surface area contributed by atoms with Crippen LogP contribution in [0.5, 0.6) is 11.5 Å². The molecule has 0 radical (unpaired) electrons. The van der Waals surface area contributed by atoms with Gasteiger partial charge in [-0.1, -0.05) is 11.6 Å². The molecule has 0 fully saturated rings. The molecule has 0 aliphatic heterocycles. The quantitative estimate of drug-likeness (QED) is 0.110. The molecular formula is C26H29ClN6O6S. The van der Waals surface area contributed by atoms with Crippen LogP contribution in [0.25, 0.3) is 0 Å². The Bertz CT molecular complexity index is 1420. The highest BCUT2D eigenvalue weighted by atomic mass is 35.5. The molecule has 8 N–H and O–H groups in total. The molecule has 0 saturated heterocycles. The Labute approximate surface area is 238 Å². The number of nitrogens with two attached hydrogens (primary N) is 1. The van der Waals surface area contributed by atoms with Gasteiger partial charge < -0.3 is 30.9 Å². The normalized spacial score (nSPS) is 11.3. The molecule has 0 heterocycles. The standard InChI is InChI=1S/C26H29ClN6O6S/c1-3-38-22-12-19(33-40(37)30-2)10-16(24(22)39-14-23(34)35)13-31-21-9-6-17(27)11-20(21)26(36)32-18-7-4-15(5-8-18)25(28)29/h4-12,30-31,33H,3,13-14H2,1-2H3,(H3,28,29)(H,32,36)(H,34,35). The third kappa shape index (κ3) is 8.33. The fourth-order valence-electron chi connectivity index (χ4n) is 3.55. The maximum atomic E-state index is 13.2. The van der Waals surface area contributed by atoms with Gasteiger partial charge in [0.25, 0.3) is 5.91 Å². The summed E-state index contributed by atoms with van der Waals surface area (Å²) in [5.74, 6) is -1.27. The van der Waals surface area contributed by atoms with Crippen molar-refractivity contribution in [3.05, 3.63) is 76.3 Å². The lowest BCUT2D eigenvalue weighted by molar-refractivity contribution is -0.139. The minimum absolute atomic E-state index is 0.0754. The summed E-state index contributed by atoms with van der Waals surface area (Å²) >= 11 is 4.60. The van der Waals surface area contributed by atoms with Crippen LogP contribution in [-0.2, 0) is 22.5 Å². The molecule has 14 heteroatoms. The Morgan fingerprint density at radius 2 is 1.80 bits per heavy atom. The predicted molar refractivity (Wildman–Crippen MR) is 156 cm³/mol. The Balaban J connectivity index is 1.92. The number of carboxylic acid groups (broad SMARTS) is 1. The molecule has 40 heavy (non-hydrogen) atoms. The van der Waals surface area contributed by atoms with E-state index in [1.165, 1.54) is 13.1 Å². The topological polar surface area (TPSA) is 188 Å². The van der Waals surface area contributed by atoms with E-state index < -0.39 is 29.7 Å². The first-order valence-corrected chi connectivity index (χ1v) is 13.4. The SMILES string of the molecule is CCOc1cc(NS(=O)NC)cc(CNc2ccc(Cl)cc2C(=O)Nc2ccc(C(=N)N)cc2)c1OCC(=O)O. The van der Waals surface area contributed by atoms with E-state index in [-0.39, 0.29) is 36.0 Å². The van der Waals surface area contributed by atoms with Crippen molar-refractivity contribution in [3.63, 3.8) is 0 Å². The molecule has 12 nitrogen and oxygen atoms in total. The second kappa shape index (κ2) is 14.2. The summed E-state index contributed by atoms with van der Waals surface area (Å²) in [6.07, 6.45) is 0. The molecular weight excluding hydrogens is 560 g/mol. The van der Waals surface area contributed by atoms with Crippen molar-refractivity contribution in [2.45, 2.75) is 13.5 Å². The minimum Gasteiger partial charge on any atom is -0.490 e. The summed E-state index contributed by atoms with van der Waals surface area (Å²) in [5, 5.41) is 23.0. The van der Waals surface area contributed by atoms with Crippen molar-refractivity contribution in [2.75, 3.05) is 35.6 Å². The van der Waals surface area contributed by atoms with Crippen molar-refractivity contribution < 1.29 is 28.4 Å². The summed E-state index contributed by atoms with van der Waals surface area (Å²) < 4.78 is 28.6. The van der Waals surface area contributed by atoms with Gasteiger partial charge in [-0.2, -0.15) is 0 Å². The van der Waals surface area contributed by atoms with Gasteiger partial charge in [0.05, 0.1) is 17.9 Å². The van der Waals surface area contributed by atoms with Crippen molar-refractivity contribution in [1.29, 1.82) is 5.41 Å².